The average Bonchev–Trinajstić information content (AvgIpc) is 3.05. The molecule has 174 valence electrons. The molecule has 1 amide bonds. The predicted molar refractivity (Wildman–Crippen MR) is 120 cm³/mol. The number of rotatable bonds is 4. The van der Waals surface area contributed by atoms with Gasteiger partial charge in [-0.1, -0.05) is 41.4 Å². The minimum atomic E-state index is -4.57. The molecule has 0 spiro atoms. The zero-order valence-electron chi connectivity index (χ0n) is 17.2. The highest BCUT2D eigenvalue weighted by molar-refractivity contribution is 6.46. The summed E-state index contributed by atoms with van der Waals surface area (Å²) in [6.07, 6.45) is -3.13. The Bertz CT molecular complexity index is 1310. The number of pyridine rings is 1. The smallest absolute Gasteiger partial charge is 0.416 e. The van der Waals surface area contributed by atoms with Gasteiger partial charge in [0.2, 0.25) is 0 Å². The molecule has 1 aliphatic rings. The van der Waals surface area contributed by atoms with E-state index in [0.717, 1.165) is 17.0 Å². The summed E-state index contributed by atoms with van der Waals surface area (Å²) in [5.41, 5.74) is -0.573. The zero-order valence-corrected chi connectivity index (χ0v) is 18.7. The van der Waals surface area contributed by atoms with Gasteiger partial charge in [0.1, 0.15) is 11.8 Å². The summed E-state index contributed by atoms with van der Waals surface area (Å²) in [6, 6.07) is 12.3. The molecule has 0 radical (unpaired) electrons. The second kappa shape index (κ2) is 9.12. The second-order valence-corrected chi connectivity index (χ2v) is 8.32. The van der Waals surface area contributed by atoms with Crippen LogP contribution in [-0.4, -0.2) is 26.7 Å². The number of Topliss-reactive ketones (excluding diaryl/α,β-unsaturated/α-hetero) is 1. The Morgan fingerprint density at radius 1 is 1.00 bits per heavy atom. The first-order valence-electron chi connectivity index (χ1n) is 9.89. The van der Waals surface area contributed by atoms with Crippen LogP contribution in [0.4, 0.5) is 13.2 Å². The first kappa shape index (κ1) is 23.8. The Morgan fingerprint density at radius 3 is 2.41 bits per heavy atom. The molecule has 10 heteroatoms. The van der Waals surface area contributed by atoms with Crippen molar-refractivity contribution in [3.05, 3.63) is 105 Å². The number of ketones is 1. The lowest BCUT2D eigenvalue weighted by Crippen LogP contribution is -2.29. The summed E-state index contributed by atoms with van der Waals surface area (Å²) in [5.74, 6) is -2.47. The Morgan fingerprint density at radius 2 is 1.76 bits per heavy atom. The first-order valence-corrected chi connectivity index (χ1v) is 10.6. The zero-order chi connectivity index (χ0) is 24.6. The third-order valence-electron chi connectivity index (χ3n) is 5.31. The van der Waals surface area contributed by atoms with Crippen molar-refractivity contribution in [1.29, 1.82) is 0 Å². The fourth-order valence-electron chi connectivity index (χ4n) is 3.73. The van der Waals surface area contributed by atoms with Gasteiger partial charge in [0.15, 0.2) is 0 Å². The number of halogens is 5. The molecule has 2 aromatic carbocycles. The normalized spacial score (nSPS) is 17.9. The Balaban J connectivity index is 1.83. The maximum Gasteiger partial charge on any atom is 0.416 e. The summed E-state index contributed by atoms with van der Waals surface area (Å²) in [4.78, 5) is 31.3. The molecule has 5 nitrogen and oxygen atoms in total. The van der Waals surface area contributed by atoms with Gasteiger partial charge in [0.25, 0.3) is 11.7 Å². The van der Waals surface area contributed by atoms with Crippen molar-refractivity contribution < 1.29 is 27.9 Å². The maximum atomic E-state index is 13.2. The maximum absolute atomic E-state index is 13.2. The van der Waals surface area contributed by atoms with E-state index in [9.17, 15) is 27.9 Å². The number of hydrogen-bond acceptors (Lipinski definition) is 4. The van der Waals surface area contributed by atoms with Crippen LogP contribution in [-0.2, 0) is 22.3 Å². The number of nitrogens with zero attached hydrogens (tertiary/aromatic N) is 2. The van der Waals surface area contributed by atoms with Gasteiger partial charge >= 0.3 is 6.18 Å². The quantitative estimate of drug-likeness (QED) is 0.266. The molecule has 3 aromatic rings. The molecule has 1 saturated heterocycles. The number of hydrogen-bond donors (Lipinski definition) is 1. The van der Waals surface area contributed by atoms with Crippen molar-refractivity contribution >= 4 is 40.7 Å². The summed E-state index contributed by atoms with van der Waals surface area (Å²) in [6.45, 7) is -0.312. The summed E-state index contributed by atoms with van der Waals surface area (Å²) in [7, 11) is 0. The van der Waals surface area contributed by atoms with Crippen LogP contribution in [0.1, 0.15) is 28.4 Å². The fourth-order valence-corrected chi connectivity index (χ4v) is 4.03. The van der Waals surface area contributed by atoms with Crippen molar-refractivity contribution in [2.24, 2.45) is 0 Å². The van der Waals surface area contributed by atoms with Crippen LogP contribution in [0.2, 0.25) is 10.0 Å². The summed E-state index contributed by atoms with van der Waals surface area (Å²) < 4.78 is 39.5. The van der Waals surface area contributed by atoms with E-state index in [4.69, 9.17) is 23.2 Å². The number of carbonyl (C=O) groups excluding carboxylic acids is 2. The minimum Gasteiger partial charge on any atom is -0.507 e. The van der Waals surface area contributed by atoms with E-state index in [-0.39, 0.29) is 39.0 Å². The van der Waals surface area contributed by atoms with E-state index in [1.807, 2.05) is 0 Å². The first-order chi connectivity index (χ1) is 16.1. The predicted octanol–water partition coefficient (Wildman–Crippen LogP) is 6.03. The SMILES string of the molecule is O=C1C(=O)N(Cc2cccc(C(F)(F)F)c2)C(c2ccccn2)/C1=C(\O)c1ccc(Cl)c(Cl)c1. The number of benzene rings is 2. The lowest BCUT2D eigenvalue weighted by atomic mass is 9.98. The van der Waals surface area contributed by atoms with Crippen molar-refractivity contribution in [2.75, 3.05) is 0 Å². The van der Waals surface area contributed by atoms with Crippen LogP contribution >= 0.6 is 23.2 Å². The third kappa shape index (κ3) is 4.51. The van der Waals surface area contributed by atoms with E-state index < -0.39 is 35.2 Å². The van der Waals surface area contributed by atoms with E-state index >= 15 is 0 Å². The molecule has 1 unspecified atom stereocenters. The number of aliphatic hydroxyl groups excluding tert-OH is 1. The number of aromatic nitrogens is 1. The van der Waals surface area contributed by atoms with E-state index in [1.165, 1.54) is 36.5 Å². The molecule has 1 fully saturated rings. The lowest BCUT2D eigenvalue weighted by molar-refractivity contribution is -0.140. The van der Waals surface area contributed by atoms with Crippen molar-refractivity contribution in [3.63, 3.8) is 0 Å². The van der Waals surface area contributed by atoms with Crippen LogP contribution < -0.4 is 0 Å². The molecular formula is C24H15Cl2F3N2O3. The van der Waals surface area contributed by atoms with E-state index in [2.05, 4.69) is 4.98 Å². The largest absolute Gasteiger partial charge is 0.507 e. The number of alkyl halides is 3. The van der Waals surface area contributed by atoms with Gasteiger partial charge in [-0.05, 0) is 48.0 Å². The highest BCUT2D eigenvalue weighted by Gasteiger charge is 2.47. The number of likely N-dealkylation sites (tertiary alicyclic amines) is 1. The molecule has 4 rings (SSSR count). The standard InChI is InChI=1S/C24H15Cl2F3N2O3/c25-16-8-7-14(11-17(16)26)21(32)19-20(18-6-1-2-9-30-18)31(23(34)22(19)33)12-13-4-3-5-15(10-13)24(27,28)29/h1-11,20,32H,12H2/b21-19+. The Kier molecular flexibility index (Phi) is 6.38. The van der Waals surface area contributed by atoms with Crippen LogP contribution in [0.5, 0.6) is 0 Å². The third-order valence-corrected chi connectivity index (χ3v) is 6.05. The highest BCUT2D eigenvalue weighted by atomic mass is 35.5. The highest BCUT2D eigenvalue weighted by Crippen LogP contribution is 2.40. The number of aliphatic hydroxyl groups is 1. The van der Waals surface area contributed by atoms with Crippen molar-refractivity contribution in [2.45, 2.75) is 18.8 Å². The molecule has 0 bridgehead atoms. The van der Waals surface area contributed by atoms with Crippen LogP contribution in [0.3, 0.4) is 0 Å². The lowest BCUT2D eigenvalue weighted by Gasteiger charge is -2.25. The molecule has 0 aliphatic carbocycles. The van der Waals surface area contributed by atoms with E-state index in [0.29, 0.717) is 0 Å². The van der Waals surface area contributed by atoms with Gasteiger partial charge in [-0.3, -0.25) is 14.6 Å². The molecule has 1 aromatic heterocycles. The van der Waals surface area contributed by atoms with Crippen molar-refractivity contribution in [3.8, 4) is 0 Å². The van der Waals surface area contributed by atoms with Crippen molar-refractivity contribution in [1.82, 2.24) is 9.88 Å². The number of carbonyl (C=O) groups is 2. The molecule has 1 atom stereocenters. The molecular weight excluding hydrogens is 492 g/mol. The monoisotopic (exact) mass is 506 g/mol. The fraction of sp³-hybridized carbons (Fsp3) is 0.125. The van der Waals surface area contributed by atoms with Gasteiger partial charge in [0, 0.05) is 18.3 Å². The van der Waals surface area contributed by atoms with Gasteiger partial charge < -0.3 is 10.0 Å². The van der Waals surface area contributed by atoms with E-state index in [1.54, 1.807) is 18.2 Å². The summed E-state index contributed by atoms with van der Waals surface area (Å²) in [5, 5.41) is 11.3. The molecule has 2 heterocycles. The molecule has 34 heavy (non-hydrogen) atoms. The molecule has 1 N–H and O–H groups in total. The summed E-state index contributed by atoms with van der Waals surface area (Å²) >= 11 is 12.0. The topological polar surface area (TPSA) is 70.5 Å². The molecule has 0 saturated carbocycles. The van der Waals surface area contributed by atoms with Gasteiger partial charge in [-0.15, -0.1) is 0 Å². The second-order valence-electron chi connectivity index (χ2n) is 7.51. The average molecular weight is 507 g/mol. The van der Waals surface area contributed by atoms with Gasteiger partial charge in [-0.25, -0.2) is 0 Å². The van der Waals surface area contributed by atoms with Crippen LogP contribution in [0.15, 0.2) is 72.4 Å². The van der Waals surface area contributed by atoms with Crippen LogP contribution in [0.25, 0.3) is 5.76 Å². The van der Waals surface area contributed by atoms with Gasteiger partial charge in [-0.2, -0.15) is 13.2 Å². The Labute approximate surface area is 202 Å². The minimum absolute atomic E-state index is 0.123. The Hall–Kier alpha value is -3.36. The number of amides is 1. The van der Waals surface area contributed by atoms with Gasteiger partial charge in [0.05, 0.1) is 26.9 Å². The molecule has 1 aliphatic heterocycles. The van der Waals surface area contributed by atoms with Crippen LogP contribution in [0, 0.1) is 0 Å².